The van der Waals surface area contributed by atoms with Crippen molar-refractivity contribution < 1.29 is 9.18 Å². The molecule has 0 saturated heterocycles. The number of aromatic nitrogens is 1. The highest BCUT2D eigenvalue weighted by atomic mass is 19.1. The zero-order valence-electron chi connectivity index (χ0n) is 12.4. The lowest BCUT2D eigenvalue weighted by Crippen LogP contribution is -2.23. The van der Waals surface area contributed by atoms with E-state index in [0.717, 1.165) is 30.4 Å². The Labute approximate surface area is 128 Å². The largest absolute Gasteiger partial charge is 0.363 e. The Balaban J connectivity index is 1.93. The van der Waals surface area contributed by atoms with E-state index in [1.807, 2.05) is 6.07 Å². The van der Waals surface area contributed by atoms with Crippen LogP contribution < -0.4 is 10.6 Å². The highest BCUT2D eigenvalue weighted by molar-refractivity contribution is 5.98. The number of amides is 1. The standard InChI is InChI=1S/C17H18FN3O/c1-19-17(22)13-5-3-9-20-16(13)21-15-6-2-4-11-7-8-12(18)10-14(11)15/h3,5,7-10,15H,2,4,6H2,1H3,(H,19,22)(H,20,21). The molecule has 1 aromatic heterocycles. The van der Waals surface area contributed by atoms with Gasteiger partial charge in [0, 0.05) is 13.2 Å². The van der Waals surface area contributed by atoms with Crippen LogP contribution in [0.2, 0.25) is 0 Å². The molecule has 0 radical (unpaired) electrons. The highest BCUT2D eigenvalue weighted by Gasteiger charge is 2.22. The number of benzene rings is 1. The molecular weight excluding hydrogens is 281 g/mol. The molecule has 5 heteroatoms. The molecule has 114 valence electrons. The number of carbonyl (C=O) groups excluding carboxylic acids is 1. The van der Waals surface area contributed by atoms with Crippen molar-refractivity contribution in [2.75, 3.05) is 12.4 Å². The van der Waals surface area contributed by atoms with E-state index in [1.54, 1.807) is 31.4 Å². The predicted molar refractivity (Wildman–Crippen MR) is 83.3 cm³/mol. The lowest BCUT2D eigenvalue weighted by atomic mass is 9.87. The molecular formula is C17H18FN3O. The number of hydrogen-bond donors (Lipinski definition) is 2. The molecule has 0 bridgehead atoms. The van der Waals surface area contributed by atoms with Crippen LogP contribution >= 0.6 is 0 Å². The summed E-state index contributed by atoms with van der Waals surface area (Å²) in [5, 5.41) is 5.92. The topological polar surface area (TPSA) is 54.0 Å². The number of halogens is 1. The Morgan fingerprint density at radius 3 is 3.05 bits per heavy atom. The molecule has 1 aromatic carbocycles. The van der Waals surface area contributed by atoms with Gasteiger partial charge in [-0.1, -0.05) is 6.07 Å². The second-order valence-electron chi connectivity index (χ2n) is 5.41. The van der Waals surface area contributed by atoms with E-state index in [9.17, 15) is 9.18 Å². The summed E-state index contributed by atoms with van der Waals surface area (Å²) >= 11 is 0. The number of hydrogen-bond acceptors (Lipinski definition) is 3. The molecule has 4 nitrogen and oxygen atoms in total. The van der Waals surface area contributed by atoms with Crippen molar-refractivity contribution in [2.24, 2.45) is 0 Å². The van der Waals surface area contributed by atoms with Crippen molar-refractivity contribution in [3.8, 4) is 0 Å². The van der Waals surface area contributed by atoms with E-state index in [-0.39, 0.29) is 17.8 Å². The Hall–Kier alpha value is -2.43. The molecule has 0 saturated carbocycles. The number of nitrogens with zero attached hydrogens (tertiary/aromatic N) is 1. The Morgan fingerprint density at radius 1 is 1.36 bits per heavy atom. The number of carbonyl (C=O) groups is 1. The number of fused-ring (bicyclic) bond motifs is 1. The summed E-state index contributed by atoms with van der Waals surface area (Å²) in [6, 6.07) is 8.34. The average molecular weight is 299 g/mol. The van der Waals surface area contributed by atoms with E-state index in [2.05, 4.69) is 15.6 Å². The Bertz CT molecular complexity index is 702. The summed E-state index contributed by atoms with van der Waals surface area (Å²) in [4.78, 5) is 16.2. The molecule has 2 N–H and O–H groups in total. The van der Waals surface area contributed by atoms with Gasteiger partial charge >= 0.3 is 0 Å². The first-order chi connectivity index (χ1) is 10.7. The van der Waals surface area contributed by atoms with Crippen molar-refractivity contribution in [2.45, 2.75) is 25.3 Å². The van der Waals surface area contributed by atoms with Gasteiger partial charge in [0.15, 0.2) is 0 Å². The third-order valence-corrected chi connectivity index (χ3v) is 4.01. The van der Waals surface area contributed by atoms with Crippen LogP contribution in [0.4, 0.5) is 10.2 Å². The van der Waals surface area contributed by atoms with E-state index in [4.69, 9.17) is 0 Å². The molecule has 1 amide bonds. The summed E-state index contributed by atoms with van der Waals surface area (Å²) in [7, 11) is 1.59. The maximum Gasteiger partial charge on any atom is 0.254 e. The van der Waals surface area contributed by atoms with Gasteiger partial charge in [-0.2, -0.15) is 0 Å². The van der Waals surface area contributed by atoms with Crippen molar-refractivity contribution in [3.63, 3.8) is 0 Å². The first-order valence-corrected chi connectivity index (χ1v) is 7.41. The molecule has 0 aliphatic heterocycles. The summed E-state index contributed by atoms with van der Waals surface area (Å²) in [6.45, 7) is 0. The molecule has 2 aromatic rings. The van der Waals surface area contributed by atoms with Crippen LogP contribution in [-0.2, 0) is 6.42 Å². The molecule has 0 spiro atoms. The van der Waals surface area contributed by atoms with Gasteiger partial charge in [0.2, 0.25) is 0 Å². The zero-order chi connectivity index (χ0) is 15.5. The first kappa shape index (κ1) is 14.5. The van der Waals surface area contributed by atoms with Crippen LogP contribution in [-0.4, -0.2) is 17.9 Å². The zero-order valence-corrected chi connectivity index (χ0v) is 12.4. The lowest BCUT2D eigenvalue weighted by Gasteiger charge is -2.27. The van der Waals surface area contributed by atoms with Gasteiger partial charge in [0.1, 0.15) is 11.6 Å². The molecule has 1 heterocycles. The van der Waals surface area contributed by atoms with Gasteiger partial charge in [-0.25, -0.2) is 9.37 Å². The van der Waals surface area contributed by atoms with E-state index < -0.39 is 0 Å². The quantitative estimate of drug-likeness (QED) is 0.916. The summed E-state index contributed by atoms with van der Waals surface area (Å²) in [6.07, 6.45) is 4.51. The molecule has 22 heavy (non-hydrogen) atoms. The van der Waals surface area contributed by atoms with Gasteiger partial charge in [0.25, 0.3) is 5.91 Å². The molecule has 1 unspecified atom stereocenters. The van der Waals surface area contributed by atoms with Crippen LogP contribution in [0.25, 0.3) is 0 Å². The van der Waals surface area contributed by atoms with Crippen molar-refractivity contribution >= 4 is 11.7 Å². The van der Waals surface area contributed by atoms with Crippen molar-refractivity contribution in [1.82, 2.24) is 10.3 Å². The maximum atomic E-state index is 13.6. The van der Waals surface area contributed by atoms with Gasteiger partial charge in [-0.05, 0) is 54.7 Å². The van der Waals surface area contributed by atoms with Gasteiger partial charge in [-0.3, -0.25) is 4.79 Å². The monoisotopic (exact) mass is 299 g/mol. The summed E-state index contributed by atoms with van der Waals surface area (Å²) in [5.41, 5.74) is 2.61. The second kappa shape index (κ2) is 6.13. The molecule has 1 atom stereocenters. The minimum atomic E-state index is -0.236. The molecule has 0 fully saturated rings. The van der Waals surface area contributed by atoms with Crippen LogP contribution in [0.15, 0.2) is 36.5 Å². The Kier molecular flexibility index (Phi) is 4.04. The third kappa shape index (κ3) is 2.79. The van der Waals surface area contributed by atoms with Crippen LogP contribution in [0.1, 0.15) is 40.4 Å². The van der Waals surface area contributed by atoms with Crippen LogP contribution in [0.3, 0.4) is 0 Å². The number of nitrogens with one attached hydrogen (secondary N) is 2. The smallest absolute Gasteiger partial charge is 0.254 e. The van der Waals surface area contributed by atoms with Crippen molar-refractivity contribution in [3.05, 3.63) is 59.0 Å². The fourth-order valence-electron chi connectivity index (χ4n) is 2.92. The van der Waals surface area contributed by atoms with Crippen LogP contribution in [0.5, 0.6) is 0 Å². The lowest BCUT2D eigenvalue weighted by molar-refractivity contribution is 0.0963. The number of aryl methyl sites for hydroxylation is 1. The van der Waals surface area contributed by atoms with E-state index in [0.29, 0.717) is 11.4 Å². The van der Waals surface area contributed by atoms with E-state index in [1.165, 1.54) is 6.07 Å². The normalized spacial score (nSPS) is 16.7. The van der Waals surface area contributed by atoms with Crippen LogP contribution in [0, 0.1) is 5.82 Å². The first-order valence-electron chi connectivity index (χ1n) is 7.41. The third-order valence-electron chi connectivity index (χ3n) is 4.01. The second-order valence-corrected chi connectivity index (χ2v) is 5.41. The number of rotatable bonds is 3. The van der Waals surface area contributed by atoms with Crippen molar-refractivity contribution in [1.29, 1.82) is 0 Å². The molecule has 1 aliphatic carbocycles. The SMILES string of the molecule is CNC(=O)c1cccnc1NC1CCCc2ccc(F)cc21. The van der Waals surface area contributed by atoms with E-state index >= 15 is 0 Å². The van der Waals surface area contributed by atoms with Gasteiger partial charge < -0.3 is 10.6 Å². The minimum absolute atomic E-state index is 0.0299. The number of anilines is 1. The maximum absolute atomic E-state index is 13.6. The fourth-order valence-corrected chi connectivity index (χ4v) is 2.92. The molecule has 3 rings (SSSR count). The fraction of sp³-hybridized carbons (Fsp3) is 0.294. The highest BCUT2D eigenvalue weighted by Crippen LogP contribution is 2.33. The number of pyridine rings is 1. The minimum Gasteiger partial charge on any atom is -0.363 e. The molecule has 1 aliphatic rings. The average Bonchev–Trinajstić information content (AvgIpc) is 2.55. The summed E-state index contributed by atoms with van der Waals surface area (Å²) in [5.74, 6) is 0.106. The Morgan fingerprint density at radius 2 is 2.23 bits per heavy atom. The van der Waals surface area contributed by atoms with Gasteiger partial charge in [-0.15, -0.1) is 0 Å². The summed E-state index contributed by atoms with van der Waals surface area (Å²) < 4.78 is 13.6. The predicted octanol–water partition coefficient (Wildman–Crippen LogP) is 3.07. The van der Waals surface area contributed by atoms with Gasteiger partial charge in [0.05, 0.1) is 11.6 Å².